The molecule has 0 amide bonds. The molecule has 0 saturated carbocycles. The molecule has 2 aromatic rings. The lowest BCUT2D eigenvalue weighted by Crippen LogP contribution is -1.90. The summed E-state index contributed by atoms with van der Waals surface area (Å²) in [5.41, 5.74) is 1.25. The zero-order valence-corrected chi connectivity index (χ0v) is 12.6. The average molecular weight is 326 g/mol. The molecule has 0 radical (unpaired) electrons. The van der Waals surface area contributed by atoms with E-state index in [-0.39, 0.29) is 0 Å². The van der Waals surface area contributed by atoms with Crippen molar-refractivity contribution in [2.45, 2.75) is 19.8 Å². The van der Waals surface area contributed by atoms with Crippen LogP contribution in [-0.2, 0) is 0 Å². The highest BCUT2D eigenvalue weighted by Gasteiger charge is 2.05. The van der Waals surface area contributed by atoms with E-state index in [0.717, 1.165) is 10.2 Å². The molecule has 0 fully saturated rings. The molecule has 3 heteroatoms. The third kappa shape index (κ3) is 3.27. The fraction of sp³-hybridized carbons (Fsp3) is 0.200. The van der Waals surface area contributed by atoms with Gasteiger partial charge in [-0.25, -0.2) is 0 Å². The highest BCUT2D eigenvalue weighted by atomic mass is 79.9. The Balaban J connectivity index is 2.25. The second-order valence-corrected chi connectivity index (χ2v) is 5.73. The van der Waals surface area contributed by atoms with E-state index in [1.165, 1.54) is 5.56 Å². The van der Waals surface area contributed by atoms with E-state index in [9.17, 15) is 0 Å². The summed E-state index contributed by atoms with van der Waals surface area (Å²) >= 11 is 9.50. The van der Waals surface area contributed by atoms with Crippen LogP contribution in [0.1, 0.15) is 25.3 Å². The summed E-state index contributed by atoms with van der Waals surface area (Å²) < 4.78 is 6.74. The number of hydrogen-bond donors (Lipinski definition) is 0. The SMILES string of the molecule is CC(C)c1cccc(Oc2ccc(Br)cc2Cl)c1. The third-order valence-electron chi connectivity index (χ3n) is 2.65. The Morgan fingerprint density at radius 1 is 1.11 bits per heavy atom. The van der Waals surface area contributed by atoms with Gasteiger partial charge in [0.15, 0.2) is 0 Å². The second-order valence-electron chi connectivity index (χ2n) is 4.40. The van der Waals surface area contributed by atoms with E-state index in [0.29, 0.717) is 16.7 Å². The summed E-state index contributed by atoms with van der Waals surface area (Å²) in [6.45, 7) is 4.32. The van der Waals surface area contributed by atoms with Crippen molar-refractivity contribution in [2.75, 3.05) is 0 Å². The predicted molar refractivity (Wildman–Crippen MR) is 79.8 cm³/mol. The van der Waals surface area contributed by atoms with Gasteiger partial charge in [-0.3, -0.25) is 0 Å². The van der Waals surface area contributed by atoms with Gasteiger partial charge in [0.05, 0.1) is 5.02 Å². The minimum Gasteiger partial charge on any atom is -0.456 e. The minimum absolute atomic E-state index is 0.480. The minimum atomic E-state index is 0.480. The Kier molecular flexibility index (Phi) is 4.31. The van der Waals surface area contributed by atoms with E-state index >= 15 is 0 Å². The van der Waals surface area contributed by atoms with Gasteiger partial charge in [0.25, 0.3) is 0 Å². The Bertz CT molecular complexity index is 552. The van der Waals surface area contributed by atoms with Crippen molar-refractivity contribution in [1.29, 1.82) is 0 Å². The molecule has 0 heterocycles. The predicted octanol–water partition coefficient (Wildman–Crippen LogP) is 6.02. The first-order chi connectivity index (χ1) is 8.56. The quantitative estimate of drug-likeness (QED) is 0.670. The Morgan fingerprint density at radius 2 is 1.89 bits per heavy atom. The molecule has 0 unspecified atom stereocenters. The highest BCUT2D eigenvalue weighted by molar-refractivity contribution is 9.10. The van der Waals surface area contributed by atoms with Gasteiger partial charge in [-0.2, -0.15) is 0 Å². The van der Waals surface area contributed by atoms with E-state index in [4.69, 9.17) is 16.3 Å². The lowest BCUT2D eigenvalue weighted by Gasteiger charge is -2.10. The van der Waals surface area contributed by atoms with Crippen LogP contribution >= 0.6 is 27.5 Å². The van der Waals surface area contributed by atoms with Crippen molar-refractivity contribution in [3.63, 3.8) is 0 Å². The first kappa shape index (κ1) is 13.4. The van der Waals surface area contributed by atoms with Gasteiger partial charge in [0, 0.05) is 4.47 Å². The molecular formula is C15H14BrClO. The summed E-state index contributed by atoms with van der Waals surface area (Å²) in [5, 5.41) is 0.597. The smallest absolute Gasteiger partial charge is 0.146 e. The molecule has 0 aliphatic heterocycles. The Labute approximate surface area is 121 Å². The molecule has 0 bridgehead atoms. The van der Waals surface area contributed by atoms with E-state index < -0.39 is 0 Å². The van der Waals surface area contributed by atoms with Crippen molar-refractivity contribution in [1.82, 2.24) is 0 Å². The van der Waals surface area contributed by atoms with Gasteiger partial charge in [-0.15, -0.1) is 0 Å². The largest absolute Gasteiger partial charge is 0.456 e. The molecule has 18 heavy (non-hydrogen) atoms. The van der Waals surface area contributed by atoms with Crippen molar-refractivity contribution < 1.29 is 4.74 Å². The van der Waals surface area contributed by atoms with Crippen LogP contribution < -0.4 is 4.74 Å². The van der Waals surface area contributed by atoms with Crippen LogP contribution in [0.15, 0.2) is 46.9 Å². The summed E-state index contributed by atoms with van der Waals surface area (Å²) in [7, 11) is 0. The summed E-state index contributed by atoms with van der Waals surface area (Å²) in [6, 6.07) is 13.7. The Hall–Kier alpha value is -0.990. The molecule has 0 aliphatic carbocycles. The molecule has 1 nitrogen and oxygen atoms in total. The third-order valence-corrected chi connectivity index (χ3v) is 3.44. The van der Waals surface area contributed by atoms with Gasteiger partial charge in [-0.1, -0.05) is 53.5 Å². The summed E-state index contributed by atoms with van der Waals surface area (Å²) in [5.74, 6) is 1.96. The maximum absolute atomic E-state index is 6.13. The molecule has 2 aromatic carbocycles. The number of benzene rings is 2. The zero-order valence-electron chi connectivity index (χ0n) is 10.3. The summed E-state index contributed by atoms with van der Waals surface area (Å²) in [6.07, 6.45) is 0. The zero-order chi connectivity index (χ0) is 13.1. The molecule has 0 saturated heterocycles. The van der Waals surface area contributed by atoms with Crippen LogP contribution in [0.3, 0.4) is 0 Å². The number of hydrogen-bond acceptors (Lipinski definition) is 1. The lowest BCUT2D eigenvalue weighted by atomic mass is 10.0. The van der Waals surface area contributed by atoms with Crippen LogP contribution in [0.2, 0.25) is 5.02 Å². The number of halogens is 2. The number of rotatable bonds is 3. The maximum atomic E-state index is 6.13. The normalized spacial score (nSPS) is 10.7. The van der Waals surface area contributed by atoms with Crippen molar-refractivity contribution in [3.8, 4) is 11.5 Å². The molecule has 94 valence electrons. The van der Waals surface area contributed by atoms with Crippen molar-refractivity contribution in [2.24, 2.45) is 0 Å². The van der Waals surface area contributed by atoms with E-state index in [1.807, 2.05) is 36.4 Å². The van der Waals surface area contributed by atoms with Crippen LogP contribution in [0.5, 0.6) is 11.5 Å². The molecule has 0 N–H and O–H groups in total. The molecule has 2 rings (SSSR count). The second kappa shape index (κ2) is 5.77. The van der Waals surface area contributed by atoms with E-state index in [1.54, 1.807) is 0 Å². The lowest BCUT2D eigenvalue weighted by molar-refractivity contribution is 0.481. The monoisotopic (exact) mass is 324 g/mol. The van der Waals surface area contributed by atoms with Crippen LogP contribution in [0.4, 0.5) is 0 Å². The topological polar surface area (TPSA) is 9.23 Å². The highest BCUT2D eigenvalue weighted by Crippen LogP contribution is 2.32. The van der Waals surface area contributed by atoms with Crippen LogP contribution in [-0.4, -0.2) is 0 Å². The van der Waals surface area contributed by atoms with Crippen molar-refractivity contribution in [3.05, 3.63) is 57.5 Å². The van der Waals surface area contributed by atoms with Crippen LogP contribution in [0.25, 0.3) is 0 Å². The fourth-order valence-electron chi connectivity index (χ4n) is 1.62. The van der Waals surface area contributed by atoms with Gasteiger partial charge in [-0.05, 0) is 41.8 Å². The van der Waals surface area contributed by atoms with Crippen LogP contribution in [0, 0.1) is 0 Å². The van der Waals surface area contributed by atoms with Gasteiger partial charge >= 0.3 is 0 Å². The molecule has 0 atom stereocenters. The first-order valence-electron chi connectivity index (χ1n) is 5.79. The standard InChI is InChI=1S/C15H14BrClO/c1-10(2)11-4-3-5-13(8-11)18-15-7-6-12(16)9-14(15)17/h3-10H,1-2H3. The molecule has 0 aliphatic rings. The average Bonchev–Trinajstić information content (AvgIpc) is 2.33. The molecule has 0 aromatic heterocycles. The van der Waals surface area contributed by atoms with Gasteiger partial charge in [0.2, 0.25) is 0 Å². The maximum Gasteiger partial charge on any atom is 0.146 e. The fourth-order valence-corrected chi connectivity index (χ4v) is 2.33. The van der Waals surface area contributed by atoms with Gasteiger partial charge < -0.3 is 4.74 Å². The van der Waals surface area contributed by atoms with E-state index in [2.05, 4.69) is 35.8 Å². The van der Waals surface area contributed by atoms with Gasteiger partial charge in [0.1, 0.15) is 11.5 Å². The first-order valence-corrected chi connectivity index (χ1v) is 6.96. The molecular weight excluding hydrogens is 312 g/mol. The van der Waals surface area contributed by atoms with Crippen molar-refractivity contribution >= 4 is 27.5 Å². The summed E-state index contributed by atoms with van der Waals surface area (Å²) in [4.78, 5) is 0. The Morgan fingerprint density at radius 3 is 2.56 bits per heavy atom. The number of ether oxygens (including phenoxy) is 1. The molecule has 0 spiro atoms.